The maximum Gasteiger partial charge on any atom is 0.253 e. The first kappa shape index (κ1) is 20.8. The molecule has 160 valence electrons. The third kappa shape index (κ3) is 4.83. The fraction of sp³-hybridized carbons (Fsp3) is 0.409. The van der Waals surface area contributed by atoms with Crippen LogP contribution in [0.15, 0.2) is 59.5 Å². The van der Waals surface area contributed by atoms with E-state index in [4.69, 9.17) is 4.74 Å². The number of nitrogens with one attached hydrogen (secondary N) is 1. The van der Waals surface area contributed by atoms with E-state index in [0.29, 0.717) is 25.3 Å². The summed E-state index contributed by atoms with van der Waals surface area (Å²) in [6.45, 7) is 3.77. The molecule has 2 aliphatic heterocycles. The molecule has 0 spiro atoms. The number of carbonyl (C=O) groups is 1. The number of hydrogen-bond acceptors (Lipinski definition) is 5. The lowest BCUT2D eigenvalue weighted by molar-refractivity contribution is 0.0746. The molecular formula is C22H27N3O4S. The Bertz CT molecular complexity index is 950. The van der Waals surface area contributed by atoms with Crippen LogP contribution in [0.5, 0.6) is 0 Å². The molecule has 2 aromatic rings. The number of hydrogen-bond donors (Lipinski definition) is 1. The first-order valence-electron chi connectivity index (χ1n) is 10.3. The van der Waals surface area contributed by atoms with Crippen molar-refractivity contribution in [3.8, 4) is 0 Å². The lowest BCUT2D eigenvalue weighted by Crippen LogP contribution is -2.48. The Morgan fingerprint density at radius 3 is 2.33 bits per heavy atom. The van der Waals surface area contributed by atoms with Crippen molar-refractivity contribution >= 4 is 21.6 Å². The first-order chi connectivity index (χ1) is 14.5. The molecule has 1 amide bonds. The molecule has 1 N–H and O–H groups in total. The predicted molar refractivity (Wildman–Crippen MR) is 115 cm³/mol. The number of anilines is 1. The molecule has 2 aromatic carbocycles. The fourth-order valence-electron chi connectivity index (χ4n) is 3.86. The molecule has 30 heavy (non-hydrogen) atoms. The monoisotopic (exact) mass is 429 g/mol. The van der Waals surface area contributed by atoms with E-state index < -0.39 is 10.0 Å². The van der Waals surface area contributed by atoms with Gasteiger partial charge in [-0.1, -0.05) is 18.2 Å². The average molecular weight is 430 g/mol. The summed E-state index contributed by atoms with van der Waals surface area (Å²) in [5.41, 5.74) is 1.66. The van der Waals surface area contributed by atoms with E-state index in [-0.39, 0.29) is 23.5 Å². The number of carbonyl (C=O) groups excluding carboxylic acids is 1. The van der Waals surface area contributed by atoms with Crippen molar-refractivity contribution in [2.75, 3.05) is 44.2 Å². The van der Waals surface area contributed by atoms with Crippen LogP contribution < -0.4 is 9.62 Å². The highest BCUT2D eigenvalue weighted by Crippen LogP contribution is 2.18. The topological polar surface area (TPSA) is 78.9 Å². The summed E-state index contributed by atoms with van der Waals surface area (Å²) >= 11 is 0. The Balaban J connectivity index is 1.34. The number of piperazine rings is 1. The molecule has 2 aliphatic rings. The Labute approximate surface area is 177 Å². The quantitative estimate of drug-likeness (QED) is 0.761. The summed E-state index contributed by atoms with van der Waals surface area (Å²) < 4.78 is 33.0. The van der Waals surface area contributed by atoms with Crippen LogP contribution in [0.1, 0.15) is 23.2 Å². The third-order valence-electron chi connectivity index (χ3n) is 5.62. The van der Waals surface area contributed by atoms with E-state index in [2.05, 4.69) is 21.8 Å². The Morgan fingerprint density at radius 1 is 1.00 bits per heavy atom. The third-order valence-corrected chi connectivity index (χ3v) is 7.06. The van der Waals surface area contributed by atoms with E-state index >= 15 is 0 Å². The molecule has 0 aromatic heterocycles. The maximum absolute atomic E-state index is 12.8. The lowest BCUT2D eigenvalue weighted by atomic mass is 10.1. The van der Waals surface area contributed by atoms with Crippen LogP contribution in [0, 0.1) is 0 Å². The minimum absolute atomic E-state index is 0.0600. The summed E-state index contributed by atoms with van der Waals surface area (Å²) in [7, 11) is -3.61. The SMILES string of the molecule is O=C(c1ccc(S(=O)(=O)NC[C@@H]2CCCO2)cc1)N1CCN(c2ccccc2)CC1. The largest absolute Gasteiger partial charge is 0.377 e. The summed E-state index contributed by atoms with van der Waals surface area (Å²) in [5, 5.41) is 0. The van der Waals surface area contributed by atoms with Crippen molar-refractivity contribution in [3.63, 3.8) is 0 Å². The highest BCUT2D eigenvalue weighted by Gasteiger charge is 2.24. The summed E-state index contributed by atoms with van der Waals surface area (Å²) in [5.74, 6) is -0.0704. The minimum Gasteiger partial charge on any atom is -0.377 e. The number of ether oxygens (including phenoxy) is 1. The van der Waals surface area contributed by atoms with Gasteiger partial charge in [-0.2, -0.15) is 0 Å². The Kier molecular flexibility index (Phi) is 6.36. The van der Waals surface area contributed by atoms with Crippen molar-refractivity contribution in [2.24, 2.45) is 0 Å². The zero-order chi connectivity index (χ0) is 21.0. The van der Waals surface area contributed by atoms with Gasteiger partial charge in [0.15, 0.2) is 0 Å². The molecule has 4 rings (SSSR count). The van der Waals surface area contributed by atoms with Gasteiger partial charge in [-0.05, 0) is 49.2 Å². The summed E-state index contributed by atoms with van der Waals surface area (Å²) in [6, 6.07) is 16.3. The fourth-order valence-corrected chi connectivity index (χ4v) is 4.92. The van der Waals surface area contributed by atoms with Crippen LogP contribution in [0.25, 0.3) is 0 Å². The van der Waals surface area contributed by atoms with Crippen LogP contribution in [0.3, 0.4) is 0 Å². The second kappa shape index (κ2) is 9.16. The lowest BCUT2D eigenvalue weighted by Gasteiger charge is -2.36. The molecule has 0 aliphatic carbocycles. The second-order valence-corrected chi connectivity index (χ2v) is 9.39. The molecule has 0 radical (unpaired) electrons. The van der Waals surface area contributed by atoms with E-state index in [1.165, 1.54) is 12.1 Å². The zero-order valence-electron chi connectivity index (χ0n) is 16.9. The average Bonchev–Trinajstić information content (AvgIpc) is 3.32. The van der Waals surface area contributed by atoms with Gasteiger partial charge in [-0.3, -0.25) is 4.79 Å². The van der Waals surface area contributed by atoms with E-state index in [1.54, 1.807) is 12.1 Å². The molecule has 0 saturated carbocycles. The smallest absolute Gasteiger partial charge is 0.253 e. The molecule has 0 unspecified atom stereocenters. The van der Waals surface area contributed by atoms with Gasteiger partial charge in [0.05, 0.1) is 11.0 Å². The van der Waals surface area contributed by atoms with Gasteiger partial charge in [0, 0.05) is 50.6 Å². The van der Waals surface area contributed by atoms with Crippen molar-refractivity contribution < 1.29 is 17.9 Å². The van der Waals surface area contributed by atoms with E-state index in [1.807, 2.05) is 23.1 Å². The number of amides is 1. The molecule has 0 bridgehead atoms. The number of sulfonamides is 1. The van der Waals surface area contributed by atoms with Gasteiger partial charge in [0.2, 0.25) is 10.0 Å². The van der Waals surface area contributed by atoms with Gasteiger partial charge < -0.3 is 14.5 Å². The Morgan fingerprint density at radius 2 is 1.70 bits per heavy atom. The van der Waals surface area contributed by atoms with Crippen LogP contribution in [-0.2, 0) is 14.8 Å². The van der Waals surface area contributed by atoms with Gasteiger partial charge in [-0.25, -0.2) is 13.1 Å². The molecule has 2 heterocycles. The molecule has 1 atom stereocenters. The number of nitrogens with zero attached hydrogens (tertiary/aromatic N) is 2. The predicted octanol–water partition coefficient (Wildman–Crippen LogP) is 2.11. The van der Waals surface area contributed by atoms with Crippen LogP contribution in [-0.4, -0.2) is 64.7 Å². The highest BCUT2D eigenvalue weighted by molar-refractivity contribution is 7.89. The van der Waals surface area contributed by atoms with E-state index in [9.17, 15) is 13.2 Å². The van der Waals surface area contributed by atoms with Crippen LogP contribution in [0.4, 0.5) is 5.69 Å². The molecule has 7 nitrogen and oxygen atoms in total. The van der Waals surface area contributed by atoms with Gasteiger partial charge in [-0.15, -0.1) is 0 Å². The second-order valence-electron chi connectivity index (χ2n) is 7.63. The maximum atomic E-state index is 12.8. The van der Waals surface area contributed by atoms with E-state index in [0.717, 1.165) is 31.6 Å². The number of benzene rings is 2. The first-order valence-corrected chi connectivity index (χ1v) is 11.8. The van der Waals surface area contributed by atoms with Crippen LogP contribution in [0.2, 0.25) is 0 Å². The van der Waals surface area contributed by atoms with Crippen molar-refractivity contribution in [1.29, 1.82) is 0 Å². The minimum atomic E-state index is -3.61. The standard InChI is InChI=1S/C22H27N3O4S/c26-22(25-14-12-24(13-15-25)19-5-2-1-3-6-19)18-8-10-21(11-9-18)30(27,28)23-17-20-7-4-16-29-20/h1-3,5-6,8-11,20,23H,4,7,12-17H2/t20-/m0/s1. The number of rotatable bonds is 6. The van der Waals surface area contributed by atoms with Crippen molar-refractivity contribution in [3.05, 3.63) is 60.2 Å². The zero-order valence-corrected chi connectivity index (χ0v) is 17.7. The molecule has 2 saturated heterocycles. The number of para-hydroxylation sites is 1. The summed E-state index contributed by atoms with van der Waals surface area (Å²) in [6.07, 6.45) is 1.77. The van der Waals surface area contributed by atoms with Crippen molar-refractivity contribution in [1.82, 2.24) is 9.62 Å². The molecule has 2 fully saturated rings. The van der Waals surface area contributed by atoms with Crippen molar-refractivity contribution in [2.45, 2.75) is 23.8 Å². The van der Waals surface area contributed by atoms with Crippen LogP contribution >= 0.6 is 0 Å². The van der Waals surface area contributed by atoms with Gasteiger partial charge >= 0.3 is 0 Å². The Hall–Kier alpha value is -2.42. The normalized spacial score (nSPS) is 19.8. The molecular weight excluding hydrogens is 402 g/mol. The highest BCUT2D eigenvalue weighted by atomic mass is 32.2. The van der Waals surface area contributed by atoms with Gasteiger partial charge in [0.25, 0.3) is 5.91 Å². The van der Waals surface area contributed by atoms with Gasteiger partial charge in [0.1, 0.15) is 0 Å². The summed E-state index contributed by atoms with van der Waals surface area (Å²) in [4.78, 5) is 17.1. The molecule has 8 heteroatoms.